The van der Waals surface area contributed by atoms with Gasteiger partial charge in [0, 0.05) is 18.5 Å². The first-order chi connectivity index (χ1) is 12.8. The van der Waals surface area contributed by atoms with E-state index in [1.54, 1.807) is 25.3 Å². The zero-order chi connectivity index (χ0) is 19.7. The van der Waals surface area contributed by atoms with Crippen LogP contribution in [-0.2, 0) is 24.7 Å². The molecule has 1 unspecified atom stereocenters. The van der Waals surface area contributed by atoms with E-state index in [2.05, 4.69) is 15.6 Å². The number of hydrogen-bond acceptors (Lipinski definition) is 6. The fourth-order valence-corrected chi connectivity index (χ4v) is 5.15. The number of urea groups is 1. The van der Waals surface area contributed by atoms with Gasteiger partial charge in [-0.25, -0.2) is 9.78 Å². The number of imide groups is 1. The van der Waals surface area contributed by atoms with Crippen molar-refractivity contribution < 1.29 is 9.59 Å². The molecule has 1 aliphatic carbocycles. The third-order valence-corrected chi connectivity index (χ3v) is 6.79. The molecule has 2 aromatic rings. The van der Waals surface area contributed by atoms with Crippen molar-refractivity contribution in [3.8, 4) is 0 Å². The Labute approximate surface area is 165 Å². The third-order valence-electron chi connectivity index (χ3n) is 4.46. The van der Waals surface area contributed by atoms with Crippen LogP contribution < -0.4 is 16.2 Å². The van der Waals surface area contributed by atoms with Gasteiger partial charge in [-0.2, -0.15) is 0 Å². The summed E-state index contributed by atoms with van der Waals surface area (Å²) in [5, 5.41) is 5.64. The van der Waals surface area contributed by atoms with Crippen LogP contribution in [0, 0.1) is 5.92 Å². The van der Waals surface area contributed by atoms with Crippen LogP contribution >= 0.6 is 23.1 Å². The topological polar surface area (TPSA) is 93.1 Å². The van der Waals surface area contributed by atoms with Crippen LogP contribution in [0.4, 0.5) is 4.79 Å². The van der Waals surface area contributed by atoms with Crippen LogP contribution in [-0.4, -0.2) is 33.3 Å². The molecular formula is C18H24N4O3S2. The molecule has 0 saturated carbocycles. The normalized spacial score (nSPS) is 14.4. The third kappa shape index (κ3) is 4.19. The Morgan fingerprint density at radius 2 is 2.04 bits per heavy atom. The van der Waals surface area contributed by atoms with Crippen LogP contribution in [0.5, 0.6) is 0 Å². The Hall–Kier alpha value is -1.87. The quantitative estimate of drug-likeness (QED) is 0.586. The highest BCUT2D eigenvalue weighted by Gasteiger charge is 2.24. The molecule has 27 heavy (non-hydrogen) atoms. The Morgan fingerprint density at radius 1 is 1.30 bits per heavy atom. The van der Waals surface area contributed by atoms with Crippen molar-refractivity contribution in [1.82, 2.24) is 20.2 Å². The van der Waals surface area contributed by atoms with Gasteiger partial charge in [0.2, 0.25) is 5.91 Å². The van der Waals surface area contributed by atoms with E-state index >= 15 is 0 Å². The summed E-state index contributed by atoms with van der Waals surface area (Å²) in [4.78, 5) is 43.5. The molecule has 0 radical (unpaired) electrons. The number of aryl methyl sites for hydroxylation is 2. The maximum Gasteiger partial charge on any atom is 0.321 e. The van der Waals surface area contributed by atoms with E-state index in [0.29, 0.717) is 17.6 Å². The number of aromatic nitrogens is 2. The lowest BCUT2D eigenvalue weighted by Gasteiger charge is -2.14. The van der Waals surface area contributed by atoms with Gasteiger partial charge in [-0.15, -0.1) is 11.3 Å². The number of thioether (sulfide) groups is 1. The molecule has 9 heteroatoms. The highest BCUT2D eigenvalue weighted by Crippen LogP contribution is 2.35. The molecule has 3 rings (SSSR count). The van der Waals surface area contributed by atoms with E-state index in [1.807, 2.05) is 13.8 Å². The van der Waals surface area contributed by atoms with Crippen molar-refractivity contribution in [2.45, 2.75) is 50.4 Å². The predicted molar refractivity (Wildman–Crippen MR) is 109 cm³/mol. The molecule has 0 saturated heterocycles. The fraction of sp³-hybridized carbons (Fsp3) is 0.556. The van der Waals surface area contributed by atoms with Crippen molar-refractivity contribution in [3.05, 3.63) is 20.8 Å². The molecule has 1 aliphatic rings. The van der Waals surface area contributed by atoms with Crippen LogP contribution in [0.1, 0.15) is 37.6 Å². The zero-order valence-electron chi connectivity index (χ0n) is 15.9. The van der Waals surface area contributed by atoms with Crippen LogP contribution in [0.25, 0.3) is 10.2 Å². The number of rotatable bonds is 5. The maximum atomic E-state index is 12.8. The smallest absolute Gasteiger partial charge is 0.321 e. The Balaban J connectivity index is 1.74. The average Bonchev–Trinajstić information content (AvgIpc) is 3.18. The van der Waals surface area contributed by atoms with E-state index in [-0.39, 0.29) is 5.56 Å². The van der Waals surface area contributed by atoms with Gasteiger partial charge in [0.25, 0.3) is 5.56 Å². The van der Waals surface area contributed by atoms with Gasteiger partial charge in [-0.05, 0) is 37.7 Å². The van der Waals surface area contributed by atoms with Crippen LogP contribution in [0.15, 0.2) is 9.95 Å². The van der Waals surface area contributed by atoms with Crippen LogP contribution in [0.2, 0.25) is 0 Å². The number of nitrogens with one attached hydrogen (secondary N) is 2. The summed E-state index contributed by atoms with van der Waals surface area (Å²) in [5.41, 5.74) is 1.08. The second-order valence-electron chi connectivity index (χ2n) is 7.15. The average molecular weight is 409 g/mol. The highest BCUT2D eigenvalue weighted by atomic mass is 32.2. The van der Waals surface area contributed by atoms with E-state index in [0.717, 1.165) is 35.0 Å². The lowest BCUT2D eigenvalue weighted by Crippen LogP contribution is -2.43. The molecule has 0 aromatic carbocycles. The summed E-state index contributed by atoms with van der Waals surface area (Å²) in [5.74, 6) is -0.111. The summed E-state index contributed by atoms with van der Waals surface area (Å²) in [7, 11) is 1.68. The van der Waals surface area contributed by atoms with Crippen molar-refractivity contribution in [2.24, 2.45) is 13.0 Å². The first-order valence-electron chi connectivity index (χ1n) is 9.04. The standard InChI is InChI=1S/C18H24N4O3S2/c1-9(2)8-19-17(25)20-14(23)10(3)26-18-21-15-13(16(24)22(18)4)11-6-5-7-12(11)27-15/h9-10H,5-8H2,1-4H3,(H2,19,20,23,25). The molecule has 0 spiro atoms. The predicted octanol–water partition coefficient (Wildman–Crippen LogP) is 2.45. The summed E-state index contributed by atoms with van der Waals surface area (Å²) in [6.07, 6.45) is 3.03. The Kier molecular flexibility index (Phi) is 5.90. The van der Waals surface area contributed by atoms with E-state index in [1.165, 1.54) is 21.2 Å². The van der Waals surface area contributed by atoms with Gasteiger partial charge in [0.15, 0.2) is 5.16 Å². The molecule has 0 bridgehead atoms. The van der Waals surface area contributed by atoms with E-state index in [4.69, 9.17) is 0 Å². The summed E-state index contributed by atoms with van der Waals surface area (Å²) < 4.78 is 1.50. The minimum atomic E-state index is -0.558. The first-order valence-corrected chi connectivity index (χ1v) is 10.7. The molecule has 3 amide bonds. The maximum absolute atomic E-state index is 12.8. The minimum absolute atomic E-state index is 0.0656. The van der Waals surface area contributed by atoms with Crippen molar-refractivity contribution in [3.63, 3.8) is 0 Å². The molecule has 7 nitrogen and oxygen atoms in total. The molecule has 0 fully saturated rings. The largest absolute Gasteiger partial charge is 0.338 e. The van der Waals surface area contributed by atoms with Gasteiger partial charge >= 0.3 is 6.03 Å². The monoisotopic (exact) mass is 408 g/mol. The lowest BCUT2D eigenvalue weighted by molar-refractivity contribution is -0.119. The molecule has 2 aromatic heterocycles. The van der Waals surface area contributed by atoms with Gasteiger partial charge in [-0.1, -0.05) is 25.6 Å². The Morgan fingerprint density at radius 3 is 2.74 bits per heavy atom. The number of carbonyl (C=O) groups is 2. The van der Waals surface area contributed by atoms with E-state index < -0.39 is 17.2 Å². The molecule has 1 atom stereocenters. The molecule has 2 N–H and O–H groups in total. The minimum Gasteiger partial charge on any atom is -0.338 e. The van der Waals surface area contributed by atoms with Gasteiger partial charge in [-0.3, -0.25) is 19.5 Å². The zero-order valence-corrected chi connectivity index (χ0v) is 17.6. The number of hydrogen-bond donors (Lipinski definition) is 2. The second kappa shape index (κ2) is 8.02. The van der Waals surface area contributed by atoms with E-state index in [9.17, 15) is 14.4 Å². The fourth-order valence-electron chi connectivity index (χ4n) is 2.98. The summed E-state index contributed by atoms with van der Waals surface area (Å²) in [6.45, 7) is 6.14. The lowest BCUT2D eigenvalue weighted by atomic mass is 10.2. The second-order valence-corrected chi connectivity index (χ2v) is 9.54. The SMILES string of the molecule is CC(C)CNC(=O)NC(=O)C(C)Sc1nc2sc3c(c2c(=O)n1C)CCC3. The Bertz CT molecular complexity index is 948. The van der Waals surface area contributed by atoms with Crippen molar-refractivity contribution in [1.29, 1.82) is 0 Å². The molecule has 0 aliphatic heterocycles. The number of fused-ring (bicyclic) bond motifs is 3. The van der Waals surface area contributed by atoms with Crippen molar-refractivity contribution >= 4 is 45.3 Å². The van der Waals surface area contributed by atoms with Gasteiger partial charge in [0.1, 0.15) is 4.83 Å². The van der Waals surface area contributed by atoms with Crippen LogP contribution in [0.3, 0.4) is 0 Å². The number of carbonyl (C=O) groups excluding carboxylic acids is 2. The molecule has 2 heterocycles. The summed E-state index contributed by atoms with van der Waals surface area (Å²) in [6, 6.07) is -0.506. The molecule has 146 valence electrons. The molecular weight excluding hydrogens is 384 g/mol. The van der Waals surface area contributed by atoms with Gasteiger partial charge < -0.3 is 5.32 Å². The summed E-state index contributed by atoms with van der Waals surface area (Å²) >= 11 is 2.76. The highest BCUT2D eigenvalue weighted by molar-refractivity contribution is 8.00. The number of thiophene rings is 1. The number of amides is 3. The van der Waals surface area contributed by atoms with Gasteiger partial charge in [0.05, 0.1) is 10.6 Å². The first kappa shape index (κ1) is 19.9. The van der Waals surface area contributed by atoms with Crippen molar-refractivity contribution in [2.75, 3.05) is 6.54 Å². The number of nitrogens with zero attached hydrogens (tertiary/aromatic N) is 2.